The van der Waals surface area contributed by atoms with E-state index in [-0.39, 0.29) is 25.3 Å². The van der Waals surface area contributed by atoms with Crippen molar-refractivity contribution in [3.8, 4) is 11.3 Å². The molecule has 4 nitrogen and oxygen atoms in total. The minimum Gasteiger partial charge on any atom is -0.441 e. The van der Waals surface area contributed by atoms with Crippen molar-refractivity contribution in [2.75, 3.05) is 13.1 Å². The molecule has 24 heavy (non-hydrogen) atoms. The van der Waals surface area contributed by atoms with E-state index in [1.54, 1.807) is 24.3 Å². The lowest BCUT2D eigenvalue weighted by Gasteiger charge is -2.21. The lowest BCUT2D eigenvalue weighted by atomic mass is 10.2. The van der Waals surface area contributed by atoms with Crippen molar-refractivity contribution < 1.29 is 22.4 Å². The monoisotopic (exact) mass is 360 g/mol. The molecule has 0 radical (unpaired) electrons. The highest BCUT2D eigenvalue weighted by molar-refractivity contribution is 6.33. The fourth-order valence-electron chi connectivity index (χ4n) is 2.18. The Hall–Kier alpha value is -2.02. The van der Waals surface area contributed by atoms with Crippen molar-refractivity contribution in [1.29, 1.82) is 0 Å². The number of hydrogen-bond donors (Lipinski definition) is 0. The Labute approximate surface area is 142 Å². The average molecular weight is 361 g/mol. The van der Waals surface area contributed by atoms with Crippen LogP contribution in [0.2, 0.25) is 5.02 Å². The molecule has 130 valence electrons. The highest BCUT2D eigenvalue weighted by atomic mass is 35.5. The standard InChI is InChI=1S/C16H16ClF3N2O2/c1-2-22(10-16(18,19)20)15(23)8-7-14-21-9-13(24-14)11-5-3-4-6-12(11)17/h3-6,9H,2,7-8,10H2,1H3. The third-order valence-electron chi connectivity index (χ3n) is 3.35. The van der Waals surface area contributed by atoms with Crippen LogP contribution in [0, 0.1) is 0 Å². The molecule has 0 saturated heterocycles. The number of amides is 1. The summed E-state index contributed by atoms with van der Waals surface area (Å²) in [5.74, 6) is 0.138. The van der Waals surface area contributed by atoms with Gasteiger partial charge in [-0.25, -0.2) is 4.98 Å². The first-order chi connectivity index (χ1) is 11.3. The lowest BCUT2D eigenvalue weighted by molar-refractivity contribution is -0.160. The maximum atomic E-state index is 12.4. The first-order valence-corrected chi connectivity index (χ1v) is 7.72. The summed E-state index contributed by atoms with van der Waals surface area (Å²) in [4.78, 5) is 16.7. The highest BCUT2D eigenvalue weighted by Gasteiger charge is 2.32. The number of carbonyl (C=O) groups excluding carboxylic acids is 1. The number of carbonyl (C=O) groups is 1. The molecule has 0 fully saturated rings. The fourth-order valence-corrected chi connectivity index (χ4v) is 2.40. The van der Waals surface area contributed by atoms with Crippen LogP contribution in [0.15, 0.2) is 34.9 Å². The molecule has 0 aliphatic carbocycles. The van der Waals surface area contributed by atoms with Crippen LogP contribution in [-0.2, 0) is 11.2 Å². The zero-order chi connectivity index (χ0) is 17.7. The van der Waals surface area contributed by atoms with Gasteiger partial charge in [0.15, 0.2) is 11.7 Å². The van der Waals surface area contributed by atoms with Crippen LogP contribution in [-0.4, -0.2) is 35.1 Å². The van der Waals surface area contributed by atoms with E-state index in [0.717, 1.165) is 4.90 Å². The Morgan fingerprint density at radius 2 is 2.04 bits per heavy atom. The van der Waals surface area contributed by atoms with Gasteiger partial charge >= 0.3 is 6.18 Å². The molecule has 0 spiro atoms. The predicted molar refractivity (Wildman–Crippen MR) is 83.6 cm³/mol. The number of hydrogen-bond acceptors (Lipinski definition) is 3. The second-order valence-electron chi connectivity index (χ2n) is 5.12. The molecule has 0 unspecified atom stereocenters. The molecule has 1 heterocycles. The van der Waals surface area contributed by atoms with E-state index in [2.05, 4.69) is 4.98 Å². The minimum absolute atomic E-state index is 0.00516. The molecule has 8 heteroatoms. The number of halogens is 4. The third kappa shape index (κ3) is 4.99. The molecule has 1 aromatic carbocycles. The molecule has 0 N–H and O–H groups in total. The smallest absolute Gasteiger partial charge is 0.406 e. The third-order valence-corrected chi connectivity index (χ3v) is 3.68. The van der Waals surface area contributed by atoms with Crippen LogP contribution in [0.25, 0.3) is 11.3 Å². The SMILES string of the molecule is CCN(CC(F)(F)F)C(=O)CCc1ncc(-c2ccccc2Cl)o1. The van der Waals surface area contributed by atoms with E-state index < -0.39 is 18.6 Å². The van der Waals surface area contributed by atoms with Crippen molar-refractivity contribution in [2.45, 2.75) is 25.9 Å². The number of nitrogens with zero attached hydrogens (tertiary/aromatic N) is 2. The van der Waals surface area contributed by atoms with Crippen molar-refractivity contribution in [1.82, 2.24) is 9.88 Å². The van der Waals surface area contributed by atoms with Gasteiger partial charge in [0.1, 0.15) is 6.54 Å². The van der Waals surface area contributed by atoms with Gasteiger partial charge in [0.2, 0.25) is 5.91 Å². The van der Waals surface area contributed by atoms with E-state index in [9.17, 15) is 18.0 Å². The summed E-state index contributed by atoms with van der Waals surface area (Å²) in [6.07, 6.45) is -2.91. The summed E-state index contributed by atoms with van der Waals surface area (Å²) in [5.41, 5.74) is 0.663. The van der Waals surface area contributed by atoms with Crippen LogP contribution in [0.5, 0.6) is 0 Å². The normalized spacial score (nSPS) is 11.5. The molecule has 0 aliphatic heterocycles. The molecule has 2 rings (SSSR count). The molecule has 1 amide bonds. The summed E-state index contributed by atoms with van der Waals surface area (Å²) in [6.45, 7) is 0.248. The zero-order valence-corrected chi connectivity index (χ0v) is 13.7. The first kappa shape index (κ1) is 18.3. The number of aromatic nitrogens is 1. The summed E-state index contributed by atoms with van der Waals surface area (Å²) < 4.78 is 42.8. The fraction of sp³-hybridized carbons (Fsp3) is 0.375. The van der Waals surface area contributed by atoms with Crippen LogP contribution < -0.4 is 0 Å². The van der Waals surface area contributed by atoms with Crippen molar-refractivity contribution in [3.63, 3.8) is 0 Å². The van der Waals surface area contributed by atoms with E-state index >= 15 is 0 Å². The zero-order valence-electron chi connectivity index (χ0n) is 12.9. The van der Waals surface area contributed by atoms with Crippen LogP contribution in [0.1, 0.15) is 19.2 Å². The summed E-state index contributed by atoms with van der Waals surface area (Å²) >= 11 is 6.06. The largest absolute Gasteiger partial charge is 0.441 e. The van der Waals surface area contributed by atoms with E-state index in [1.165, 1.54) is 13.1 Å². The van der Waals surface area contributed by atoms with Gasteiger partial charge in [-0.2, -0.15) is 13.2 Å². The van der Waals surface area contributed by atoms with Gasteiger partial charge in [-0.15, -0.1) is 0 Å². The molecular weight excluding hydrogens is 345 g/mol. The van der Waals surface area contributed by atoms with Crippen LogP contribution in [0.4, 0.5) is 13.2 Å². The first-order valence-electron chi connectivity index (χ1n) is 7.34. The minimum atomic E-state index is -4.41. The van der Waals surface area contributed by atoms with Gasteiger partial charge in [-0.3, -0.25) is 4.79 Å². The Kier molecular flexibility index (Phi) is 5.88. The van der Waals surface area contributed by atoms with E-state index in [0.29, 0.717) is 16.3 Å². The molecule has 0 atom stereocenters. The predicted octanol–water partition coefficient (Wildman–Crippen LogP) is 4.34. The number of alkyl halides is 3. The molecule has 0 aliphatic rings. The van der Waals surface area contributed by atoms with E-state index in [4.69, 9.17) is 16.0 Å². The van der Waals surface area contributed by atoms with Gasteiger partial charge in [-0.05, 0) is 19.1 Å². The molecule has 2 aromatic rings. The quantitative estimate of drug-likeness (QED) is 0.770. The number of aryl methyl sites for hydroxylation is 1. The van der Waals surface area contributed by atoms with Crippen molar-refractivity contribution >= 4 is 17.5 Å². The van der Waals surface area contributed by atoms with Crippen LogP contribution in [0.3, 0.4) is 0 Å². The van der Waals surface area contributed by atoms with Crippen LogP contribution >= 0.6 is 11.6 Å². The second kappa shape index (κ2) is 7.70. The number of benzene rings is 1. The van der Waals surface area contributed by atoms with E-state index in [1.807, 2.05) is 0 Å². The van der Waals surface area contributed by atoms with Gasteiger partial charge in [0.25, 0.3) is 0 Å². The Morgan fingerprint density at radius 3 is 2.67 bits per heavy atom. The number of oxazole rings is 1. The molecule has 0 saturated carbocycles. The topological polar surface area (TPSA) is 46.3 Å². The summed E-state index contributed by atoms with van der Waals surface area (Å²) in [6, 6.07) is 7.05. The summed E-state index contributed by atoms with van der Waals surface area (Å²) in [7, 11) is 0. The second-order valence-corrected chi connectivity index (χ2v) is 5.53. The molecule has 0 bridgehead atoms. The van der Waals surface area contributed by atoms with Crippen molar-refractivity contribution in [2.24, 2.45) is 0 Å². The summed E-state index contributed by atoms with van der Waals surface area (Å²) in [5, 5.41) is 0.499. The maximum absolute atomic E-state index is 12.4. The average Bonchev–Trinajstić information content (AvgIpc) is 2.98. The molecular formula is C16H16ClF3N2O2. The Bertz CT molecular complexity index is 701. The van der Waals surface area contributed by atoms with Crippen molar-refractivity contribution in [3.05, 3.63) is 41.4 Å². The van der Waals surface area contributed by atoms with Gasteiger partial charge < -0.3 is 9.32 Å². The Morgan fingerprint density at radius 1 is 1.33 bits per heavy atom. The Balaban J connectivity index is 1.98. The molecule has 1 aromatic heterocycles. The van der Waals surface area contributed by atoms with Gasteiger partial charge in [-0.1, -0.05) is 23.7 Å². The number of rotatable bonds is 6. The van der Waals surface area contributed by atoms with Gasteiger partial charge in [0, 0.05) is 24.9 Å². The highest BCUT2D eigenvalue weighted by Crippen LogP contribution is 2.28. The maximum Gasteiger partial charge on any atom is 0.406 e. The van der Waals surface area contributed by atoms with Gasteiger partial charge in [0.05, 0.1) is 11.2 Å². The lowest BCUT2D eigenvalue weighted by Crippen LogP contribution is -2.38.